The van der Waals surface area contributed by atoms with Gasteiger partial charge in [-0.1, -0.05) is 57.2 Å². The number of nitrogens with zero attached hydrogens (tertiary/aromatic N) is 2. The standard InChI is InChI=1S/C40H47N5O10S/c1-7-25-20-40(25,38(50)44-56(51,52)28-14-15-28)43-36(48)32-18-27(21-45(32)37(49)35(39(3,4)5)42-34(47)22-54-23(2)46)55-33-19-30(24-11-9-8-10-12-24)41-31-17-26(53-6)13-16-29(31)33/h7-13,16-17,19,25,27-28,32,35H,1,14-15,18,20-22H2,2-6H3,(H,42,47)(H,43,48)(H,44,50)/t25-,27-,32?,35-,40-/m1/s1. The predicted octanol–water partition coefficient (Wildman–Crippen LogP) is 3.02. The van der Waals surface area contributed by atoms with Gasteiger partial charge in [0.2, 0.25) is 21.8 Å². The summed E-state index contributed by atoms with van der Waals surface area (Å²) < 4.78 is 44.6. The maximum absolute atomic E-state index is 14.6. The van der Waals surface area contributed by atoms with Gasteiger partial charge in [0, 0.05) is 42.3 Å². The molecule has 4 amide bonds. The molecule has 0 bridgehead atoms. The molecule has 0 radical (unpaired) electrons. The molecular formula is C40H47N5O10S. The topological polar surface area (TPSA) is 199 Å². The Labute approximate surface area is 325 Å². The van der Waals surface area contributed by atoms with Crippen LogP contribution < -0.4 is 24.8 Å². The lowest BCUT2D eigenvalue weighted by Gasteiger charge is -2.35. The second kappa shape index (κ2) is 15.6. The van der Waals surface area contributed by atoms with Crippen LogP contribution in [0.2, 0.25) is 0 Å². The molecule has 298 valence electrons. The van der Waals surface area contributed by atoms with Gasteiger partial charge in [0.15, 0.2) is 6.61 Å². The highest BCUT2D eigenvalue weighted by molar-refractivity contribution is 7.91. The van der Waals surface area contributed by atoms with Crippen molar-refractivity contribution in [1.82, 2.24) is 25.2 Å². The third kappa shape index (κ3) is 8.64. The summed E-state index contributed by atoms with van der Waals surface area (Å²) in [6.45, 7) is 9.43. The number of carbonyl (C=O) groups is 5. The van der Waals surface area contributed by atoms with E-state index in [1.807, 2.05) is 36.4 Å². The van der Waals surface area contributed by atoms with Crippen LogP contribution in [0.25, 0.3) is 22.2 Å². The normalized spacial score (nSPS) is 22.4. The zero-order valence-corrected chi connectivity index (χ0v) is 32.8. The lowest BCUT2D eigenvalue weighted by Crippen LogP contribution is -2.60. The number of likely N-dealkylation sites (tertiary alicyclic amines) is 1. The summed E-state index contributed by atoms with van der Waals surface area (Å²) in [5.74, 6) is -3.11. The van der Waals surface area contributed by atoms with Gasteiger partial charge in [-0.15, -0.1) is 6.58 Å². The minimum absolute atomic E-state index is 0.0205. The molecule has 16 heteroatoms. The second-order valence-corrected chi connectivity index (χ2v) is 17.5. The molecule has 1 aromatic heterocycles. The number of hydrogen-bond donors (Lipinski definition) is 3. The van der Waals surface area contributed by atoms with Crippen LogP contribution in [-0.4, -0.2) is 97.1 Å². The molecular weight excluding hydrogens is 743 g/mol. The Kier molecular flexibility index (Phi) is 11.2. The minimum Gasteiger partial charge on any atom is -0.497 e. The molecule has 0 spiro atoms. The number of esters is 1. The molecule has 2 aromatic carbocycles. The fourth-order valence-corrected chi connectivity index (χ4v) is 8.28. The lowest BCUT2D eigenvalue weighted by molar-refractivity contribution is -0.149. The van der Waals surface area contributed by atoms with E-state index < -0.39 is 86.5 Å². The zero-order valence-electron chi connectivity index (χ0n) is 32.0. The minimum atomic E-state index is -3.93. The summed E-state index contributed by atoms with van der Waals surface area (Å²) in [4.78, 5) is 73.0. The first-order valence-corrected chi connectivity index (χ1v) is 19.9. The number of methoxy groups -OCH3 is 1. The summed E-state index contributed by atoms with van der Waals surface area (Å²) in [7, 11) is -2.38. The van der Waals surface area contributed by atoms with Crippen molar-refractivity contribution < 1.29 is 46.6 Å². The summed E-state index contributed by atoms with van der Waals surface area (Å²) >= 11 is 0. The van der Waals surface area contributed by atoms with Crippen molar-refractivity contribution >= 4 is 50.5 Å². The van der Waals surface area contributed by atoms with Gasteiger partial charge in [0.25, 0.3) is 11.8 Å². The third-order valence-electron chi connectivity index (χ3n) is 10.3. The number of hydrogen-bond acceptors (Lipinski definition) is 11. The fraction of sp³-hybridized carbons (Fsp3) is 0.450. The second-order valence-electron chi connectivity index (χ2n) is 15.6. The first-order chi connectivity index (χ1) is 26.4. The molecule has 1 saturated heterocycles. The molecule has 6 rings (SSSR count). The Morgan fingerprint density at radius 2 is 1.79 bits per heavy atom. The molecule has 3 fully saturated rings. The van der Waals surface area contributed by atoms with Crippen LogP contribution >= 0.6 is 0 Å². The summed E-state index contributed by atoms with van der Waals surface area (Å²) in [6.07, 6.45) is 1.68. The van der Waals surface area contributed by atoms with Crippen molar-refractivity contribution in [2.75, 3.05) is 20.3 Å². The highest BCUT2D eigenvalue weighted by Gasteiger charge is 2.62. The van der Waals surface area contributed by atoms with Gasteiger partial charge < -0.3 is 29.7 Å². The van der Waals surface area contributed by atoms with E-state index in [2.05, 4.69) is 21.9 Å². The number of sulfonamides is 1. The van der Waals surface area contributed by atoms with E-state index in [1.165, 1.54) is 11.0 Å². The van der Waals surface area contributed by atoms with Crippen molar-refractivity contribution in [1.29, 1.82) is 0 Å². The Bertz CT molecular complexity index is 2170. The molecule has 2 saturated carbocycles. The molecule has 2 aliphatic carbocycles. The largest absolute Gasteiger partial charge is 0.497 e. The van der Waals surface area contributed by atoms with Gasteiger partial charge in [-0.2, -0.15) is 0 Å². The predicted molar refractivity (Wildman–Crippen MR) is 206 cm³/mol. The van der Waals surface area contributed by atoms with E-state index in [4.69, 9.17) is 19.2 Å². The number of nitrogens with one attached hydrogen (secondary N) is 3. The number of benzene rings is 2. The van der Waals surface area contributed by atoms with E-state index in [-0.39, 0.29) is 19.4 Å². The number of fused-ring (bicyclic) bond motifs is 1. The van der Waals surface area contributed by atoms with Gasteiger partial charge in [-0.3, -0.25) is 28.7 Å². The van der Waals surface area contributed by atoms with Crippen molar-refractivity contribution in [2.24, 2.45) is 11.3 Å². The zero-order chi connectivity index (χ0) is 40.6. The van der Waals surface area contributed by atoms with Gasteiger partial charge in [-0.05, 0) is 36.8 Å². The maximum atomic E-state index is 14.6. The van der Waals surface area contributed by atoms with Crippen molar-refractivity contribution in [2.45, 2.75) is 82.4 Å². The molecule has 15 nitrogen and oxygen atoms in total. The highest BCUT2D eigenvalue weighted by Crippen LogP contribution is 2.46. The Morgan fingerprint density at radius 1 is 1.07 bits per heavy atom. The smallest absolute Gasteiger partial charge is 0.303 e. The number of amides is 4. The number of aromatic nitrogens is 1. The Hall–Kier alpha value is -5.51. The molecule has 1 unspecified atom stereocenters. The van der Waals surface area contributed by atoms with E-state index in [0.29, 0.717) is 40.9 Å². The van der Waals surface area contributed by atoms with Crippen LogP contribution in [0.3, 0.4) is 0 Å². The molecule has 1 aliphatic heterocycles. The lowest BCUT2D eigenvalue weighted by atomic mass is 9.85. The van der Waals surface area contributed by atoms with Crippen molar-refractivity contribution in [3.05, 3.63) is 67.3 Å². The number of rotatable bonds is 14. The van der Waals surface area contributed by atoms with E-state index in [9.17, 15) is 32.4 Å². The summed E-state index contributed by atoms with van der Waals surface area (Å²) in [6, 6.07) is 14.2. The Morgan fingerprint density at radius 3 is 2.39 bits per heavy atom. The molecule has 3 N–H and O–H groups in total. The molecule has 2 heterocycles. The maximum Gasteiger partial charge on any atom is 0.303 e. The third-order valence-corrected chi connectivity index (χ3v) is 12.1. The molecule has 56 heavy (non-hydrogen) atoms. The van der Waals surface area contributed by atoms with E-state index in [1.54, 1.807) is 46.1 Å². The number of pyridine rings is 1. The summed E-state index contributed by atoms with van der Waals surface area (Å²) in [5, 5.41) is 5.43. The molecule has 3 aliphatic rings. The van der Waals surface area contributed by atoms with Gasteiger partial charge in [0.1, 0.15) is 35.2 Å². The van der Waals surface area contributed by atoms with Gasteiger partial charge in [0.05, 0.1) is 30.1 Å². The summed E-state index contributed by atoms with van der Waals surface area (Å²) in [5.41, 5.74) is -0.447. The molecule has 5 atom stereocenters. The first kappa shape index (κ1) is 40.2. The SMILES string of the molecule is C=C[C@@H]1C[C@]1(NC(=O)C1C[C@@H](Oc2cc(-c3ccccc3)nc3cc(OC)ccc23)CN1C(=O)[C@@H](NC(=O)COC(C)=O)C(C)(C)C)C(=O)NS(=O)(=O)C1CC1. The van der Waals surface area contributed by atoms with Crippen LogP contribution in [0, 0.1) is 11.3 Å². The number of ether oxygens (including phenoxy) is 3. The highest BCUT2D eigenvalue weighted by atomic mass is 32.2. The van der Waals surface area contributed by atoms with E-state index >= 15 is 0 Å². The van der Waals surface area contributed by atoms with Crippen LogP contribution in [0.1, 0.15) is 53.4 Å². The molecule has 3 aromatic rings. The average Bonchev–Trinajstić information content (AvgIpc) is 4.09. The van der Waals surface area contributed by atoms with Crippen LogP contribution in [-0.2, 0) is 38.7 Å². The van der Waals surface area contributed by atoms with Gasteiger partial charge in [-0.25, -0.2) is 13.4 Å². The quantitative estimate of drug-likeness (QED) is 0.160. The fourth-order valence-electron chi connectivity index (χ4n) is 6.92. The van der Waals surface area contributed by atoms with Gasteiger partial charge >= 0.3 is 5.97 Å². The first-order valence-electron chi connectivity index (χ1n) is 18.4. The monoisotopic (exact) mass is 789 g/mol. The van der Waals surface area contributed by atoms with E-state index in [0.717, 1.165) is 12.5 Å². The van der Waals surface area contributed by atoms with Crippen molar-refractivity contribution in [3.63, 3.8) is 0 Å². The average molecular weight is 790 g/mol. The van der Waals surface area contributed by atoms with Crippen LogP contribution in [0.4, 0.5) is 0 Å². The van der Waals surface area contributed by atoms with Crippen LogP contribution in [0.15, 0.2) is 67.3 Å². The number of carbonyl (C=O) groups excluding carboxylic acids is 5. The van der Waals surface area contributed by atoms with Crippen LogP contribution in [0.5, 0.6) is 11.5 Å². The van der Waals surface area contributed by atoms with Crippen molar-refractivity contribution in [3.8, 4) is 22.8 Å². The Balaban J connectivity index is 1.34.